The van der Waals surface area contributed by atoms with Gasteiger partial charge in [0.05, 0.1) is 11.5 Å². The number of hydrogen-bond donors (Lipinski definition) is 1. The molecule has 0 saturated carbocycles. The van der Waals surface area contributed by atoms with E-state index in [2.05, 4.69) is 0 Å². The van der Waals surface area contributed by atoms with Crippen LogP contribution in [0, 0.1) is 16.0 Å². The lowest BCUT2D eigenvalue weighted by Gasteiger charge is -2.13. The fraction of sp³-hybridized carbons (Fsp3) is 0.400. The predicted octanol–water partition coefficient (Wildman–Crippen LogP) is 3.51. The van der Waals surface area contributed by atoms with E-state index < -0.39 is 10.9 Å². The van der Waals surface area contributed by atoms with E-state index in [1.807, 2.05) is 13.8 Å². The Bertz CT molecular complexity index is 535. The second kappa shape index (κ2) is 8.04. The number of nitro benzene ring substituents is 1. The summed E-state index contributed by atoms with van der Waals surface area (Å²) < 4.78 is 5.54. The molecule has 1 aromatic carbocycles. The molecule has 0 saturated heterocycles. The van der Waals surface area contributed by atoms with E-state index in [4.69, 9.17) is 9.84 Å². The molecule has 0 bridgehead atoms. The molecule has 0 heterocycles. The third-order valence-corrected chi connectivity index (χ3v) is 3.23. The minimum atomic E-state index is -1.10. The van der Waals surface area contributed by atoms with Crippen LogP contribution in [0.4, 0.5) is 5.69 Å². The summed E-state index contributed by atoms with van der Waals surface area (Å²) in [5.41, 5.74) is 0.285. The highest BCUT2D eigenvalue weighted by molar-refractivity contribution is 5.85. The second-order valence-corrected chi connectivity index (χ2v) is 4.65. The van der Waals surface area contributed by atoms with Gasteiger partial charge in [0, 0.05) is 12.1 Å². The van der Waals surface area contributed by atoms with Crippen LogP contribution in [0.1, 0.15) is 32.3 Å². The zero-order valence-electron chi connectivity index (χ0n) is 12.1. The van der Waals surface area contributed by atoms with Crippen molar-refractivity contribution in [2.75, 3.05) is 6.61 Å². The number of carboxylic acids is 1. The Morgan fingerprint density at radius 2 is 2.10 bits per heavy atom. The fourth-order valence-corrected chi connectivity index (χ4v) is 1.80. The molecular weight excluding hydrogens is 274 g/mol. The molecule has 1 rings (SSSR count). The number of hydrogen-bond acceptors (Lipinski definition) is 4. The molecule has 0 aliphatic heterocycles. The smallest absolute Gasteiger partial charge is 0.328 e. The SMILES string of the molecule is CCC(CC)COc1ccc(/C=C/C(=O)O)cc1[N+](=O)[O-]. The monoisotopic (exact) mass is 293 g/mol. The van der Waals surface area contributed by atoms with Crippen LogP contribution in [-0.4, -0.2) is 22.6 Å². The summed E-state index contributed by atoms with van der Waals surface area (Å²) in [4.78, 5) is 21.0. The van der Waals surface area contributed by atoms with Crippen molar-refractivity contribution >= 4 is 17.7 Å². The molecule has 0 amide bonds. The maximum atomic E-state index is 11.1. The van der Waals surface area contributed by atoms with E-state index in [0.29, 0.717) is 18.1 Å². The summed E-state index contributed by atoms with van der Waals surface area (Å²) in [5.74, 6) is -0.540. The van der Waals surface area contributed by atoms with Crippen LogP contribution in [0.15, 0.2) is 24.3 Å². The lowest BCUT2D eigenvalue weighted by molar-refractivity contribution is -0.385. The van der Waals surface area contributed by atoms with Crippen molar-refractivity contribution in [3.05, 3.63) is 40.0 Å². The maximum Gasteiger partial charge on any atom is 0.328 e. The van der Waals surface area contributed by atoms with Gasteiger partial charge >= 0.3 is 11.7 Å². The number of aliphatic carboxylic acids is 1. The van der Waals surface area contributed by atoms with E-state index in [1.54, 1.807) is 6.07 Å². The van der Waals surface area contributed by atoms with Crippen LogP contribution in [0.25, 0.3) is 6.08 Å². The topological polar surface area (TPSA) is 89.7 Å². The lowest BCUT2D eigenvalue weighted by atomic mass is 10.1. The molecule has 0 unspecified atom stereocenters. The van der Waals surface area contributed by atoms with Gasteiger partial charge in [-0.25, -0.2) is 4.79 Å². The molecule has 0 fully saturated rings. The van der Waals surface area contributed by atoms with Crippen molar-refractivity contribution in [2.24, 2.45) is 5.92 Å². The van der Waals surface area contributed by atoms with Crippen LogP contribution < -0.4 is 4.74 Å². The zero-order chi connectivity index (χ0) is 15.8. The average molecular weight is 293 g/mol. The molecule has 0 radical (unpaired) electrons. The van der Waals surface area contributed by atoms with Crippen molar-refractivity contribution in [1.29, 1.82) is 0 Å². The highest BCUT2D eigenvalue weighted by Crippen LogP contribution is 2.29. The quantitative estimate of drug-likeness (QED) is 0.450. The first-order valence-corrected chi connectivity index (χ1v) is 6.80. The third-order valence-electron chi connectivity index (χ3n) is 3.23. The Hall–Kier alpha value is -2.37. The standard InChI is InChI=1S/C15H19NO5/c1-3-11(4-2)10-21-14-7-5-12(6-8-15(17)18)9-13(14)16(19)20/h5-9,11H,3-4,10H2,1-2H3,(H,17,18)/b8-6+. The molecule has 114 valence electrons. The number of carbonyl (C=O) groups is 1. The van der Waals surface area contributed by atoms with Gasteiger partial charge in [-0.1, -0.05) is 32.8 Å². The van der Waals surface area contributed by atoms with E-state index in [-0.39, 0.29) is 11.4 Å². The molecule has 6 nitrogen and oxygen atoms in total. The largest absolute Gasteiger partial charge is 0.487 e. The number of rotatable bonds is 8. The van der Waals surface area contributed by atoms with Crippen molar-refractivity contribution in [2.45, 2.75) is 26.7 Å². The molecule has 1 N–H and O–H groups in total. The lowest BCUT2D eigenvalue weighted by Crippen LogP contribution is -2.11. The van der Waals surface area contributed by atoms with E-state index >= 15 is 0 Å². The highest BCUT2D eigenvalue weighted by Gasteiger charge is 2.16. The normalized spacial score (nSPS) is 11.0. The Labute approximate surface area is 123 Å². The van der Waals surface area contributed by atoms with Gasteiger partial charge in [0.25, 0.3) is 0 Å². The molecule has 0 atom stereocenters. The maximum absolute atomic E-state index is 11.1. The Morgan fingerprint density at radius 3 is 2.62 bits per heavy atom. The Balaban J connectivity index is 2.94. The van der Waals surface area contributed by atoms with Gasteiger partial charge in [-0.15, -0.1) is 0 Å². The number of ether oxygens (including phenoxy) is 1. The molecule has 0 aliphatic carbocycles. The Kier molecular flexibility index (Phi) is 6.39. The zero-order valence-corrected chi connectivity index (χ0v) is 12.1. The van der Waals surface area contributed by atoms with Crippen molar-refractivity contribution in [1.82, 2.24) is 0 Å². The predicted molar refractivity (Wildman–Crippen MR) is 79.3 cm³/mol. The second-order valence-electron chi connectivity index (χ2n) is 4.65. The van der Waals surface area contributed by atoms with E-state index in [1.165, 1.54) is 18.2 Å². The minimum absolute atomic E-state index is 0.159. The average Bonchev–Trinajstić information content (AvgIpc) is 2.46. The van der Waals surface area contributed by atoms with Gasteiger partial charge in [0.1, 0.15) is 0 Å². The van der Waals surface area contributed by atoms with Gasteiger partial charge in [0.15, 0.2) is 5.75 Å². The van der Waals surface area contributed by atoms with Crippen molar-refractivity contribution in [3.63, 3.8) is 0 Å². The summed E-state index contributed by atoms with van der Waals surface area (Å²) >= 11 is 0. The van der Waals surface area contributed by atoms with Gasteiger partial charge in [-0.2, -0.15) is 0 Å². The van der Waals surface area contributed by atoms with Gasteiger partial charge in [-0.05, 0) is 23.6 Å². The van der Waals surface area contributed by atoms with Crippen LogP contribution in [0.2, 0.25) is 0 Å². The molecule has 6 heteroatoms. The number of nitrogens with zero attached hydrogens (tertiary/aromatic N) is 1. The summed E-state index contributed by atoms with van der Waals surface area (Å²) in [6.45, 7) is 4.52. The molecule has 21 heavy (non-hydrogen) atoms. The molecule has 1 aromatic rings. The third kappa shape index (κ3) is 5.25. The van der Waals surface area contributed by atoms with Crippen LogP contribution >= 0.6 is 0 Å². The molecule has 0 aliphatic rings. The first-order valence-electron chi connectivity index (χ1n) is 6.80. The van der Waals surface area contributed by atoms with Crippen LogP contribution in [0.5, 0.6) is 5.75 Å². The number of carboxylic acid groups (broad SMARTS) is 1. The Morgan fingerprint density at radius 1 is 1.43 bits per heavy atom. The molecule has 0 aromatic heterocycles. The summed E-state index contributed by atoms with van der Waals surface area (Å²) in [6.07, 6.45) is 4.14. The van der Waals surface area contributed by atoms with Crippen LogP contribution in [-0.2, 0) is 4.79 Å². The minimum Gasteiger partial charge on any atom is -0.487 e. The van der Waals surface area contributed by atoms with Crippen LogP contribution in [0.3, 0.4) is 0 Å². The summed E-state index contributed by atoms with van der Waals surface area (Å²) in [6, 6.07) is 4.40. The van der Waals surface area contributed by atoms with E-state index in [9.17, 15) is 14.9 Å². The van der Waals surface area contributed by atoms with E-state index in [0.717, 1.165) is 18.9 Å². The summed E-state index contributed by atoms with van der Waals surface area (Å²) in [7, 11) is 0. The molecule has 0 spiro atoms. The van der Waals surface area contributed by atoms with Gasteiger partial charge in [0.2, 0.25) is 0 Å². The first kappa shape index (κ1) is 16.7. The highest BCUT2D eigenvalue weighted by atomic mass is 16.6. The number of benzene rings is 1. The summed E-state index contributed by atoms with van der Waals surface area (Å²) in [5, 5.41) is 19.6. The first-order chi connectivity index (χ1) is 9.97. The van der Waals surface area contributed by atoms with Gasteiger partial charge < -0.3 is 9.84 Å². The van der Waals surface area contributed by atoms with Crippen molar-refractivity contribution < 1.29 is 19.6 Å². The van der Waals surface area contributed by atoms with Crippen molar-refractivity contribution in [3.8, 4) is 5.75 Å². The fourth-order valence-electron chi connectivity index (χ4n) is 1.80. The number of nitro groups is 1. The van der Waals surface area contributed by atoms with Gasteiger partial charge in [-0.3, -0.25) is 10.1 Å². The molecular formula is C15H19NO5.